The zero-order chi connectivity index (χ0) is 27.9. The van der Waals surface area contributed by atoms with E-state index in [1.165, 1.54) is 40.8 Å². The molecule has 5 aromatic rings. The number of aryl methyl sites for hydroxylation is 2. The number of amides is 1. The molecule has 0 unspecified atom stereocenters. The van der Waals surface area contributed by atoms with Gasteiger partial charge < -0.3 is 14.4 Å². The number of nitrogens with zero attached hydrogens (tertiary/aromatic N) is 7. The van der Waals surface area contributed by atoms with Gasteiger partial charge in [0, 0.05) is 31.8 Å². The van der Waals surface area contributed by atoms with Crippen LogP contribution in [0.25, 0.3) is 22.4 Å². The predicted molar refractivity (Wildman–Crippen MR) is 135 cm³/mol. The van der Waals surface area contributed by atoms with Crippen LogP contribution in [0.15, 0.2) is 63.0 Å². The molecule has 0 saturated heterocycles. The highest BCUT2D eigenvalue weighted by Gasteiger charge is 2.26. The van der Waals surface area contributed by atoms with Crippen molar-refractivity contribution in [2.75, 3.05) is 5.32 Å². The second kappa shape index (κ2) is 9.70. The maximum Gasteiger partial charge on any atom is 0.332 e. The fraction of sp³-hybridized carbons (Fsp3) is 0.240. The van der Waals surface area contributed by atoms with Gasteiger partial charge in [-0.15, -0.1) is 0 Å². The Labute approximate surface area is 218 Å². The molecule has 200 valence electrons. The Morgan fingerprint density at radius 3 is 2.62 bits per heavy atom. The highest BCUT2D eigenvalue weighted by Crippen LogP contribution is 2.27. The predicted octanol–water partition coefficient (Wildman–Crippen LogP) is 2.45. The Bertz CT molecular complexity index is 1810. The van der Waals surface area contributed by atoms with Gasteiger partial charge in [-0.3, -0.25) is 23.7 Å². The fourth-order valence-corrected chi connectivity index (χ4v) is 4.04. The zero-order valence-electron chi connectivity index (χ0n) is 21.1. The highest BCUT2D eigenvalue weighted by molar-refractivity contribution is 5.90. The van der Waals surface area contributed by atoms with Gasteiger partial charge in [0.1, 0.15) is 29.5 Å². The minimum Gasteiger partial charge on any atom is -0.361 e. The lowest BCUT2D eigenvalue weighted by Gasteiger charge is -2.11. The average Bonchev–Trinajstić information content (AvgIpc) is 3.51. The molecule has 0 aliphatic carbocycles. The summed E-state index contributed by atoms with van der Waals surface area (Å²) in [5.41, 5.74) is -0.0946. The van der Waals surface area contributed by atoms with Crippen molar-refractivity contribution in [3.63, 3.8) is 0 Å². The Morgan fingerprint density at radius 2 is 1.95 bits per heavy atom. The maximum atomic E-state index is 13.5. The molecule has 0 aliphatic rings. The van der Waals surface area contributed by atoms with Crippen molar-refractivity contribution in [2.45, 2.75) is 32.9 Å². The van der Waals surface area contributed by atoms with Crippen LogP contribution in [0, 0.1) is 6.92 Å². The largest absolute Gasteiger partial charge is 0.361 e. The molecule has 0 aliphatic heterocycles. The number of halogens is 2. The monoisotopic (exact) mass is 536 g/mol. The molecular formula is C25H22F2N8O4. The molecule has 39 heavy (non-hydrogen) atoms. The van der Waals surface area contributed by atoms with Gasteiger partial charge in [0.05, 0.1) is 18.6 Å². The van der Waals surface area contributed by atoms with Gasteiger partial charge >= 0.3 is 5.69 Å². The van der Waals surface area contributed by atoms with Crippen molar-refractivity contribution < 1.29 is 18.1 Å². The van der Waals surface area contributed by atoms with Crippen LogP contribution >= 0.6 is 0 Å². The van der Waals surface area contributed by atoms with Crippen LogP contribution < -0.4 is 16.6 Å². The number of hydrogen-bond donors (Lipinski definition) is 1. The van der Waals surface area contributed by atoms with Crippen LogP contribution in [-0.4, -0.2) is 39.7 Å². The lowest BCUT2D eigenvalue weighted by atomic mass is 10.1. The third kappa shape index (κ3) is 5.08. The minimum absolute atomic E-state index is 0.0630. The first-order valence-electron chi connectivity index (χ1n) is 11.7. The molecule has 0 spiro atoms. The van der Waals surface area contributed by atoms with Crippen molar-refractivity contribution in [3.05, 3.63) is 86.9 Å². The Kier molecular flexibility index (Phi) is 6.38. The quantitative estimate of drug-likeness (QED) is 0.334. The number of imidazole rings is 1. The molecule has 0 radical (unpaired) electrons. The first kappa shape index (κ1) is 25.6. The minimum atomic E-state index is -3.07. The van der Waals surface area contributed by atoms with E-state index in [-0.39, 0.29) is 35.8 Å². The third-order valence-electron chi connectivity index (χ3n) is 5.94. The summed E-state index contributed by atoms with van der Waals surface area (Å²) in [6.07, 6.45) is 2.59. The number of pyridine rings is 2. The van der Waals surface area contributed by atoms with E-state index in [2.05, 4.69) is 25.4 Å². The molecule has 5 rings (SSSR count). The summed E-state index contributed by atoms with van der Waals surface area (Å²) in [6, 6.07) is 9.17. The molecule has 1 amide bonds. The fourth-order valence-electron chi connectivity index (χ4n) is 4.04. The van der Waals surface area contributed by atoms with Gasteiger partial charge in [0.15, 0.2) is 11.2 Å². The first-order valence-corrected chi connectivity index (χ1v) is 11.7. The molecule has 0 saturated carbocycles. The van der Waals surface area contributed by atoms with Crippen molar-refractivity contribution >= 4 is 22.9 Å². The van der Waals surface area contributed by atoms with Crippen molar-refractivity contribution in [2.24, 2.45) is 7.05 Å². The summed E-state index contributed by atoms with van der Waals surface area (Å²) >= 11 is 0. The van der Waals surface area contributed by atoms with Gasteiger partial charge in [0.25, 0.3) is 11.5 Å². The summed E-state index contributed by atoms with van der Waals surface area (Å²) < 4.78 is 35.5. The summed E-state index contributed by atoms with van der Waals surface area (Å²) in [5.74, 6) is -2.83. The van der Waals surface area contributed by atoms with Gasteiger partial charge in [-0.1, -0.05) is 11.2 Å². The normalized spacial score (nSPS) is 11.7. The molecule has 0 aromatic carbocycles. The summed E-state index contributed by atoms with van der Waals surface area (Å²) in [7, 11) is 1.48. The SMILES string of the molecule is Cc1cc(Cn2c(=O)c3c(ncn3CC(=O)Nc3cccc(-c4ccc(C(C)(F)F)nc4)n3)n(C)c2=O)no1. The number of alkyl halides is 2. The number of rotatable bonds is 7. The van der Waals surface area contributed by atoms with Crippen LogP contribution in [0.3, 0.4) is 0 Å². The average molecular weight is 536 g/mol. The standard InChI is InChI=1S/C25H22F2N8O4/c1-14-9-16(32-39-14)11-35-23(37)21-22(33(3)24(35)38)29-13-34(21)12-20(36)31-19-6-4-5-17(30-19)15-7-8-18(28-10-15)25(2,26)27/h4-10,13H,11-12H2,1-3H3,(H,30,31,36). The molecule has 5 aromatic heterocycles. The number of carbonyl (C=O) groups is 1. The second-order valence-corrected chi connectivity index (χ2v) is 8.98. The molecule has 12 nitrogen and oxygen atoms in total. The number of anilines is 1. The van der Waals surface area contributed by atoms with Gasteiger partial charge in [-0.25, -0.2) is 14.8 Å². The van der Waals surface area contributed by atoms with E-state index >= 15 is 0 Å². The van der Waals surface area contributed by atoms with E-state index in [0.29, 0.717) is 22.7 Å². The molecule has 0 bridgehead atoms. The number of hydrogen-bond acceptors (Lipinski definition) is 8. The van der Waals surface area contributed by atoms with E-state index in [9.17, 15) is 23.2 Å². The number of nitrogens with one attached hydrogen (secondary N) is 1. The molecule has 0 fully saturated rings. The number of aromatic nitrogens is 7. The van der Waals surface area contributed by atoms with Crippen molar-refractivity contribution in [1.29, 1.82) is 0 Å². The smallest absolute Gasteiger partial charge is 0.332 e. The Hall–Kier alpha value is -5.01. The zero-order valence-corrected chi connectivity index (χ0v) is 21.1. The van der Waals surface area contributed by atoms with Crippen molar-refractivity contribution in [3.8, 4) is 11.3 Å². The van der Waals surface area contributed by atoms with Crippen LogP contribution in [0.1, 0.15) is 24.1 Å². The molecule has 1 N–H and O–H groups in total. The van der Waals surface area contributed by atoms with E-state index in [4.69, 9.17) is 4.52 Å². The third-order valence-corrected chi connectivity index (χ3v) is 5.94. The number of fused-ring (bicyclic) bond motifs is 1. The second-order valence-electron chi connectivity index (χ2n) is 8.98. The molecule has 5 heterocycles. The topological polar surface area (TPSA) is 143 Å². The first-order chi connectivity index (χ1) is 18.5. The summed E-state index contributed by atoms with van der Waals surface area (Å²) in [6.45, 7) is 2.05. The maximum absolute atomic E-state index is 13.5. The Balaban J connectivity index is 1.39. The van der Waals surface area contributed by atoms with E-state index in [0.717, 1.165) is 11.5 Å². The van der Waals surface area contributed by atoms with Crippen LogP contribution in [0.5, 0.6) is 0 Å². The van der Waals surface area contributed by atoms with Crippen LogP contribution in [-0.2, 0) is 30.9 Å². The Morgan fingerprint density at radius 1 is 1.15 bits per heavy atom. The summed E-state index contributed by atoms with van der Waals surface area (Å²) in [4.78, 5) is 51.2. The molecular weight excluding hydrogens is 514 g/mol. The number of carbonyl (C=O) groups excluding carboxylic acids is 1. The lowest BCUT2D eigenvalue weighted by Crippen LogP contribution is -2.40. The molecule has 14 heteroatoms. The van der Waals surface area contributed by atoms with E-state index in [1.807, 2.05) is 0 Å². The molecule has 0 atom stereocenters. The van der Waals surface area contributed by atoms with Gasteiger partial charge in [-0.05, 0) is 31.2 Å². The van der Waals surface area contributed by atoms with E-state index in [1.54, 1.807) is 31.2 Å². The van der Waals surface area contributed by atoms with Gasteiger partial charge in [0.2, 0.25) is 5.91 Å². The van der Waals surface area contributed by atoms with Crippen LogP contribution in [0.4, 0.5) is 14.6 Å². The van der Waals surface area contributed by atoms with Crippen molar-refractivity contribution in [1.82, 2.24) is 33.8 Å². The van der Waals surface area contributed by atoms with Gasteiger partial charge in [-0.2, -0.15) is 8.78 Å². The van der Waals surface area contributed by atoms with Crippen LogP contribution in [0.2, 0.25) is 0 Å². The van der Waals surface area contributed by atoms with E-state index < -0.39 is 23.1 Å². The highest BCUT2D eigenvalue weighted by atomic mass is 19.3. The lowest BCUT2D eigenvalue weighted by molar-refractivity contribution is -0.116. The summed E-state index contributed by atoms with van der Waals surface area (Å²) in [5, 5.41) is 6.49.